The number of benzene rings is 1. The van der Waals surface area contributed by atoms with Crippen LogP contribution >= 0.6 is 23.2 Å². The fraction of sp³-hybridized carbons (Fsp3) is 0.333. The minimum absolute atomic E-state index is 0.0539. The van der Waals surface area contributed by atoms with E-state index in [0.29, 0.717) is 5.56 Å². The second-order valence-electron chi connectivity index (χ2n) is 3.87. The first-order valence-corrected chi connectivity index (χ1v) is 6.18. The molecule has 0 unspecified atom stereocenters. The number of alkyl halides is 1. The van der Waals surface area contributed by atoms with Gasteiger partial charge in [0.25, 0.3) is 0 Å². The molecule has 6 heteroatoms. The van der Waals surface area contributed by atoms with Crippen molar-refractivity contribution in [1.82, 2.24) is 0 Å². The van der Waals surface area contributed by atoms with Crippen molar-refractivity contribution >= 4 is 28.2 Å². The fourth-order valence-corrected chi connectivity index (χ4v) is 2.13. The van der Waals surface area contributed by atoms with Gasteiger partial charge in [0.05, 0.1) is 5.03 Å². The summed E-state index contributed by atoms with van der Waals surface area (Å²) in [6.45, 7) is 1.33. The lowest BCUT2D eigenvalue weighted by atomic mass is 10.1. The number of nitro groups is 1. The zero-order valence-electron chi connectivity index (χ0n) is 9.77. The van der Waals surface area contributed by atoms with Gasteiger partial charge >= 0.3 is 0 Å². The molecule has 0 spiro atoms. The number of aliphatic hydroxyl groups is 1. The Hall–Kier alpha value is -1.10. The lowest BCUT2D eigenvalue weighted by molar-refractivity contribution is -0.488. The van der Waals surface area contributed by atoms with Gasteiger partial charge in [-0.2, -0.15) is 0 Å². The van der Waals surface area contributed by atoms with Crippen LogP contribution in [0.5, 0.6) is 0 Å². The van der Waals surface area contributed by atoms with Gasteiger partial charge in [0.15, 0.2) is 0 Å². The summed E-state index contributed by atoms with van der Waals surface area (Å²) in [4.78, 5) is 9.77. The van der Waals surface area contributed by atoms with Crippen molar-refractivity contribution in [2.24, 2.45) is 0 Å². The van der Waals surface area contributed by atoms with Crippen LogP contribution in [0.2, 0.25) is 0 Å². The summed E-state index contributed by atoms with van der Waals surface area (Å²) >= 11 is 11.8. The number of aryl methyl sites for hydroxylation is 1. The molecule has 1 aromatic rings. The molecule has 1 atom stereocenters. The molecule has 0 heterocycles. The van der Waals surface area contributed by atoms with Gasteiger partial charge < -0.3 is 5.11 Å². The highest BCUT2D eigenvalue weighted by molar-refractivity contribution is 6.49. The molecule has 0 aliphatic rings. The summed E-state index contributed by atoms with van der Waals surface area (Å²) in [7, 11) is 0. The highest BCUT2D eigenvalue weighted by atomic mass is 35.5. The van der Waals surface area contributed by atoms with Crippen LogP contribution in [0.3, 0.4) is 0 Å². The number of halogens is 2. The van der Waals surface area contributed by atoms with E-state index in [1.807, 2.05) is 19.1 Å². The Kier molecular flexibility index (Phi) is 5.59. The predicted molar refractivity (Wildman–Crippen MR) is 72.5 cm³/mol. The zero-order chi connectivity index (χ0) is 13.7. The van der Waals surface area contributed by atoms with E-state index in [9.17, 15) is 15.2 Å². The van der Waals surface area contributed by atoms with E-state index in [-0.39, 0.29) is 16.5 Å². The normalized spacial score (nSPS) is 14.0. The quantitative estimate of drug-likeness (QED) is 0.515. The van der Waals surface area contributed by atoms with Crippen LogP contribution in [0.1, 0.15) is 11.1 Å². The summed E-state index contributed by atoms with van der Waals surface area (Å²) < 4.78 is 0. The first-order chi connectivity index (χ1) is 8.45. The van der Waals surface area contributed by atoms with E-state index in [4.69, 9.17) is 23.2 Å². The Balaban J connectivity index is 3.05. The minimum atomic E-state index is -1.27. The van der Waals surface area contributed by atoms with Gasteiger partial charge in [0, 0.05) is 10.8 Å². The second-order valence-corrected chi connectivity index (χ2v) is 4.52. The molecule has 98 valence electrons. The summed E-state index contributed by atoms with van der Waals surface area (Å²) in [5, 5.41) is 20.3. The number of nitrogens with zero attached hydrogens (tertiary/aromatic N) is 1. The molecule has 18 heavy (non-hydrogen) atoms. The third-order valence-electron chi connectivity index (χ3n) is 2.46. The number of hydrogen-bond acceptors (Lipinski definition) is 3. The van der Waals surface area contributed by atoms with Crippen molar-refractivity contribution in [1.29, 1.82) is 0 Å². The molecule has 1 N–H and O–H groups in total. The predicted octanol–water partition coefficient (Wildman–Crippen LogP) is 2.82. The van der Waals surface area contributed by atoms with E-state index in [1.165, 1.54) is 0 Å². The smallest absolute Gasteiger partial charge is 0.233 e. The Morgan fingerprint density at radius 1 is 1.44 bits per heavy atom. The van der Waals surface area contributed by atoms with Crippen molar-refractivity contribution in [3.63, 3.8) is 0 Å². The van der Waals surface area contributed by atoms with Crippen LogP contribution in [-0.2, 0) is 0 Å². The number of hydrogen-bond donors (Lipinski definition) is 1. The lowest BCUT2D eigenvalue weighted by Gasteiger charge is -2.12. The topological polar surface area (TPSA) is 63.4 Å². The number of aliphatic hydroxyl groups excluding tert-OH is 1. The Morgan fingerprint density at radius 3 is 2.44 bits per heavy atom. The van der Waals surface area contributed by atoms with Crippen molar-refractivity contribution in [3.05, 3.63) is 51.1 Å². The third-order valence-corrected chi connectivity index (χ3v) is 3.20. The summed E-state index contributed by atoms with van der Waals surface area (Å²) in [6.07, 6.45) is -1.27. The molecular weight excluding hydrogens is 277 g/mol. The first kappa shape index (κ1) is 15.0. The van der Waals surface area contributed by atoms with Crippen molar-refractivity contribution in [2.75, 3.05) is 12.4 Å². The molecule has 4 nitrogen and oxygen atoms in total. The van der Waals surface area contributed by atoms with Crippen LogP contribution in [0, 0.1) is 17.0 Å². The maximum atomic E-state index is 10.4. The van der Waals surface area contributed by atoms with E-state index < -0.39 is 17.6 Å². The third kappa shape index (κ3) is 3.98. The standard InChI is InChI=1S/C12H13Cl2NO3/c1-8-2-4-9(5-3-8)12(14)10(6-13)11(16)7-15(17)18/h2-5,11,16H,6-7H2,1H3/b12-10+/t11-/m1/s1. The first-order valence-electron chi connectivity index (χ1n) is 5.27. The van der Waals surface area contributed by atoms with Crippen molar-refractivity contribution in [3.8, 4) is 0 Å². The van der Waals surface area contributed by atoms with E-state index in [1.54, 1.807) is 12.1 Å². The molecule has 0 aliphatic carbocycles. The minimum Gasteiger partial charge on any atom is -0.382 e. The van der Waals surface area contributed by atoms with Crippen LogP contribution in [0.25, 0.3) is 5.03 Å². The van der Waals surface area contributed by atoms with Crippen molar-refractivity contribution in [2.45, 2.75) is 13.0 Å². The molecule has 1 rings (SSSR count). The Bertz CT molecular complexity index is 457. The summed E-state index contributed by atoms with van der Waals surface area (Å²) in [6, 6.07) is 7.29. The summed E-state index contributed by atoms with van der Waals surface area (Å²) in [5.74, 6) is -0.0539. The fourth-order valence-electron chi connectivity index (χ4n) is 1.43. The van der Waals surface area contributed by atoms with E-state index in [0.717, 1.165) is 5.56 Å². The number of rotatable bonds is 5. The molecular formula is C12H13Cl2NO3. The zero-order valence-corrected chi connectivity index (χ0v) is 11.3. The van der Waals surface area contributed by atoms with Crippen LogP contribution < -0.4 is 0 Å². The van der Waals surface area contributed by atoms with Gasteiger partial charge in [-0.25, -0.2) is 0 Å². The highest BCUT2D eigenvalue weighted by Crippen LogP contribution is 2.26. The highest BCUT2D eigenvalue weighted by Gasteiger charge is 2.20. The van der Waals surface area contributed by atoms with Crippen LogP contribution in [0.4, 0.5) is 0 Å². The lowest BCUT2D eigenvalue weighted by Crippen LogP contribution is -2.23. The van der Waals surface area contributed by atoms with E-state index in [2.05, 4.69) is 0 Å². The van der Waals surface area contributed by atoms with Crippen LogP contribution in [0.15, 0.2) is 29.8 Å². The molecule has 1 aromatic carbocycles. The maximum absolute atomic E-state index is 10.4. The van der Waals surface area contributed by atoms with Gasteiger partial charge in [0.1, 0.15) is 6.10 Å². The SMILES string of the molecule is Cc1ccc(/C(Cl)=C(/CCl)[C@H](O)C[N+](=O)[O-])cc1. The average Bonchev–Trinajstić information content (AvgIpc) is 2.29. The van der Waals surface area contributed by atoms with Gasteiger partial charge in [-0.05, 0) is 18.1 Å². The molecule has 0 amide bonds. The Morgan fingerprint density at radius 2 is 2.00 bits per heavy atom. The monoisotopic (exact) mass is 289 g/mol. The largest absolute Gasteiger partial charge is 0.382 e. The van der Waals surface area contributed by atoms with E-state index >= 15 is 0 Å². The Labute approximate surface area is 115 Å². The molecule has 0 saturated carbocycles. The maximum Gasteiger partial charge on any atom is 0.233 e. The molecule has 0 aliphatic heterocycles. The van der Waals surface area contributed by atoms with Gasteiger partial charge in [-0.3, -0.25) is 10.1 Å². The molecule has 0 radical (unpaired) electrons. The molecule has 0 saturated heterocycles. The molecule has 0 fully saturated rings. The van der Waals surface area contributed by atoms with Crippen molar-refractivity contribution < 1.29 is 10.0 Å². The van der Waals surface area contributed by atoms with Gasteiger partial charge in [-0.1, -0.05) is 41.4 Å². The summed E-state index contributed by atoms with van der Waals surface area (Å²) in [5.41, 5.74) is 2.01. The van der Waals surface area contributed by atoms with Crippen LogP contribution in [-0.4, -0.2) is 28.6 Å². The average molecular weight is 290 g/mol. The van der Waals surface area contributed by atoms with Gasteiger partial charge in [-0.15, -0.1) is 11.6 Å². The second kappa shape index (κ2) is 6.73. The molecule has 0 aromatic heterocycles. The molecule has 0 bridgehead atoms. The van der Waals surface area contributed by atoms with Gasteiger partial charge in [0.2, 0.25) is 6.54 Å².